The predicted molar refractivity (Wildman–Crippen MR) is 84.4 cm³/mol. The maximum Gasteiger partial charge on any atom is 0.122 e. The van der Waals surface area contributed by atoms with E-state index in [1.807, 2.05) is 25.1 Å². The fourth-order valence-corrected chi connectivity index (χ4v) is 2.60. The summed E-state index contributed by atoms with van der Waals surface area (Å²) in [5, 5.41) is 0. The van der Waals surface area contributed by atoms with E-state index in [1.165, 1.54) is 9.21 Å². The monoisotopic (exact) mass is 380 g/mol. The molecule has 0 saturated carbocycles. The molecule has 0 amide bonds. The van der Waals surface area contributed by atoms with Crippen molar-refractivity contribution in [2.24, 2.45) is 0 Å². The van der Waals surface area contributed by atoms with Crippen molar-refractivity contribution in [3.63, 3.8) is 0 Å². The lowest BCUT2D eigenvalue weighted by Gasteiger charge is -2.17. The molecule has 0 aliphatic carbocycles. The van der Waals surface area contributed by atoms with E-state index in [2.05, 4.69) is 27.8 Å². The Morgan fingerprint density at radius 1 is 1.28 bits per heavy atom. The van der Waals surface area contributed by atoms with Crippen LogP contribution >= 0.6 is 30.4 Å². The van der Waals surface area contributed by atoms with Crippen LogP contribution in [0.15, 0.2) is 30.4 Å². The van der Waals surface area contributed by atoms with Crippen LogP contribution < -0.4 is 9.47 Å². The minimum Gasteiger partial charge on any atom is -0.497 e. The van der Waals surface area contributed by atoms with E-state index in [-0.39, 0.29) is 6.10 Å². The SMILES string of the molecule is C=C(C)CC(OSI)c1cc(OC)cc(OC)c1. The van der Waals surface area contributed by atoms with Crippen LogP contribution in [0.4, 0.5) is 0 Å². The molecule has 18 heavy (non-hydrogen) atoms. The molecule has 1 atom stereocenters. The van der Waals surface area contributed by atoms with E-state index in [0.717, 1.165) is 29.1 Å². The summed E-state index contributed by atoms with van der Waals surface area (Å²) in [6, 6.07) is 5.77. The maximum atomic E-state index is 5.67. The summed E-state index contributed by atoms with van der Waals surface area (Å²) in [7, 11) is 4.60. The Labute approximate surface area is 125 Å². The second kappa shape index (κ2) is 7.91. The van der Waals surface area contributed by atoms with Gasteiger partial charge in [-0.25, -0.2) is 0 Å². The third-order valence-electron chi connectivity index (χ3n) is 2.43. The summed E-state index contributed by atoms with van der Waals surface area (Å²) in [5.41, 5.74) is 2.10. The number of benzene rings is 1. The Morgan fingerprint density at radius 2 is 1.83 bits per heavy atom. The first-order valence-corrected chi connectivity index (χ1v) is 8.70. The molecule has 0 N–H and O–H groups in total. The van der Waals surface area contributed by atoms with Gasteiger partial charge in [0, 0.05) is 27.3 Å². The molecule has 0 spiro atoms. The van der Waals surface area contributed by atoms with E-state index < -0.39 is 0 Å². The first-order chi connectivity index (χ1) is 8.60. The minimum atomic E-state index is -0.0478. The number of rotatable bonds is 7. The molecule has 3 nitrogen and oxygen atoms in total. The summed E-state index contributed by atoms with van der Waals surface area (Å²) in [6.45, 7) is 5.93. The first-order valence-electron chi connectivity index (χ1n) is 5.42. The third kappa shape index (κ3) is 4.70. The number of hydrogen-bond donors (Lipinski definition) is 0. The molecule has 1 aromatic rings. The molecule has 1 unspecified atom stereocenters. The molecule has 1 rings (SSSR count). The summed E-state index contributed by atoms with van der Waals surface area (Å²) in [4.78, 5) is 0. The van der Waals surface area contributed by atoms with Crippen molar-refractivity contribution in [1.82, 2.24) is 0 Å². The van der Waals surface area contributed by atoms with Crippen molar-refractivity contribution in [2.45, 2.75) is 19.4 Å². The summed E-state index contributed by atoms with van der Waals surface area (Å²) < 4.78 is 16.2. The van der Waals surface area contributed by atoms with Crippen LogP contribution in [0.3, 0.4) is 0 Å². The molecule has 0 aliphatic rings. The van der Waals surface area contributed by atoms with Crippen LogP contribution in [0, 0.1) is 0 Å². The average Bonchev–Trinajstić information content (AvgIpc) is 2.37. The van der Waals surface area contributed by atoms with Crippen LogP contribution in [0.2, 0.25) is 0 Å². The van der Waals surface area contributed by atoms with Crippen LogP contribution in [0.1, 0.15) is 25.0 Å². The van der Waals surface area contributed by atoms with E-state index in [9.17, 15) is 0 Å². The van der Waals surface area contributed by atoms with Crippen molar-refractivity contribution < 1.29 is 13.7 Å². The zero-order valence-corrected chi connectivity index (χ0v) is 13.7. The molecule has 1 aromatic carbocycles. The number of methoxy groups -OCH3 is 2. The lowest BCUT2D eigenvalue weighted by Crippen LogP contribution is -2.01. The molecule has 0 heterocycles. The number of ether oxygens (including phenoxy) is 2. The van der Waals surface area contributed by atoms with Gasteiger partial charge in [0.25, 0.3) is 0 Å². The van der Waals surface area contributed by atoms with Crippen LogP contribution in [-0.2, 0) is 4.18 Å². The molecule has 0 aromatic heterocycles. The molecule has 100 valence electrons. The van der Waals surface area contributed by atoms with Gasteiger partial charge >= 0.3 is 0 Å². The van der Waals surface area contributed by atoms with Crippen molar-refractivity contribution >= 4 is 30.4 Å². The highest BCUT2D eigenvalue weighted by Crippen LogP contribution is 2.35. The summed E-state index contributed by atoms with van der Waals surface area (Å²) in [6.07, 6.45) is 0.722. The van der Waals surface area contributed by atoms with Gasteiger partial charge in [0.2, 0.25) is 0 Å². The fourth-order valence-electron chi connectivity index (χ4n) is 1.58. The van der Waals surface area contributed by atoms with Crippen LogP contribution in [0.25, 0.3) is 0 Å². The lowest BCUT2D eigenvalue weighted by atomic mass is 10.0. The van der Waals surface area contributed by atoms with Crippen molar-refractivity contribution in [2.75, 3.05) is 14.2 Å². The molecule has 0 bridgehead atoms. The van der Waals surface area contributed by atoms with Gasteiger partial charge in [0.15, 0.2) is 0 Å². The van der Waals surface area contributed by atoms with Gasteiger partial charge in [-0.05, 0) is 31.0 Å². The molecule has 0 saturated heterocycles. The van der Waals surface area contributed by atoms with Gasteiger partial charge in [-0.3, -0.25) is 4.18 Å². The van der Waals surface area contributed by atoms with E-state index >= 15 is 0 Å². The van der Waals surface area contributed by atoms with Crippen LogP contribution in [0.5, 0.6) is 11.5 Å². The number of halogens is 1. The van der Waals surface area contributed by atoms with Gasteiger partial charge in [-0.1, -0.05) is 5.57 Å². The topological polar surface area (TPSA) is 27.7 Å². The van der Waals surface area contributed by atoms with Crippen molar-refractivity contribution in [3.05, 3.63) is 35.9 Å². The second-order valence-electron chi connectivity index (χ2n) is 3.96. The Balaban J connectivity index is 3.05. The maximum absolute atomic E-state index is 5.67. The second-order valence-corrected chi connectivity index (χ2v) is 5.35. The van der Waals surface area contributed by atoms with Gasteiger partial charge in [0.1, 0.15) is 17.6 Å². The molecule has 0 aliphatic heterocycles. The van der Waals surface area contributed by atoms with Crippen LogP contribution in [-0.4, -0.2) is 14.2 Å². The molecule has 0 radical (unpaired) electrons. The van der Waals surface area contributed by atoms with Crippen molar-refractivity contribution in [3.8, 4) is 11.5 Å². The fraction of sp³-hybridized carbons (Fsp3) is 0.385. The van der Waals surface area contributed by atoms with Gasteiger partial charge < -0.3 is 9.47 Å². The largest absolute Gasteiger partial charge is 0.497 e. The standard InChI is InChI=1S/C13H17IO3S/c1-9(2)5-13(17-18-14)10-6-11(15-3)8-12(7-10)16-4/h6-8,13H,1,5H2,2-4H3. The first kappa shape index (κ1) is 15.7. The Hall–Kier alpha value is -0.400. The Bertz CT molecular complexity index is 387. The molecular formula is C13H17IO3S. The summed E-state index contributed by atoms with van der Waals surface area (Å²) in [5.74, 6) is 1.52. The normalized spacial score (nSPS) is 12.0. The highest BCUT2D eigenvalue weighted by molar-refractivity contribution is 14.2. The highest BCUT2D eigenvalue weighted by Gasteiger charge is 2.15. The number of hydrogen-bond acceptors (Lipinski definition) is 4. The smallest absolute Gasteiger partial charge is 0.122 e. The Kier molecular flexibility index (Phi) is 6.88. The van der Waals surface area contributed by atoms with E-state index in [4.69, 9.17) is 13.7 Å². The van der Waals surface area contributed by atoms with E-state index in [1.54, 1.807) is 14.2 Å². The lowest BCUT2D eigenvalue weighted by molar-refractivity contribution is 0.251. The summed E-state index contributed by atoms with van der Waals surface area (Å²) >= 11 is 2.11. The molecule has 5 heteroatoms. The third-order valence-corrected chi connectivity index (χ3v) is 3.36. The molecular weight excluding hydrogens is 363 g/mol. The zero-order chi connectivity index (χ0) is 13.5. The Morgan fingerprint density at radius 3 is 2.22 bits per heavy atom. The molecule has 0 fully saturated rings. The quantitative estimate of drug-likeness (QED) is 0.389. The average molecular weight is 380 g/mol. The minimum absolute atomic E-state index is 0.0478. The van der Waals surface area contributed by atoms with E-state index in [0.29, 0.717) is 0 Å². The van der Waals surface area contributed by atoms with Crippen molar-refractivity contribution in [1.29, 1.82) is 0 Å². The predicted octanol–water partition coefficient (Wildman–Crippen LogP) is 4.73. The zero-order valence-electron chi connectivity index (χ0n) is 10.7. The highest BCUT2D eigenvalue weighted by atomic mass is 127. The van der Waals surface area contributed by atoms with Gasteiger partial charge in [-0.2, -0.15) is 0 Å². The van der Waals surface area contributed by atoms with Gasteiger partial charge in [-0.15, -0.1) is 6.58 Å². The van der Waals surface area contributed by atoms with Gasteiger partial charge in [0.05, 0.1) is 23.4 Å².